The van der Waals surface area contributed by atoms with Crippen LogP contribution < -0.4 is 5.30 Å². The van der Waals surface area contributed by atoms with Crippen LogP contribution in [0.15, 0.2) is 35.7 Å². The van der Waals surface area contributed by atoms with Gasteiger partial charge in [0.05, 0.1) is 0 Å². The molecule has 2 aromatic rings. The summed E-state index contributed by atoms with van der Waals surface area (Å²) in [6, 6.07) is 11.3. The van der Waals surface area contributed by atoms with Crippen LogP contribution in [0.1, 0.15) is 12.5 Å². The van der Waals surface area contributed by atoms with Gasteiger partial charge in [0.1, 0.15) is 0 Å². The van der Waals surface area contributed by atoms with Crippen molar-refractivity contribution >= 4 is 24.6 Å². The largest absolute Gasteiger partial charge is 0.143 e. The number of rotatable bonds is 3. The zero-order valence-electron chi connectivity index (χ0n) is 10.0. The Hall–Kier alpha value is -0.650. The third-order valence-corrected chi connectivity index (χ3v) is 5.20. The molecule has 0 unspecified atom stereocenters. The highest BCUT2D eigenvalue weighted by Gasteiger charge is 2.09. The van der Waals surface area contributed by atoms with Crippen molar-refractivity contribution in [2.24, 2.45) is 0 Å². The van der Waals surface area contributed by atoms with E-state index in [4.69, 9.17) is 0 Å². The standard InChI is InChI=1S/C14H17PS/c1-4-11-5-7-12(8-6-11)14-13(15(2)3)9-10-16-14/h5-10H,4H2,1-3H3. The summed E-state index contributed by atoms with van der Waals surface area (Å²) in [6.07, 6.45) is 1.12. The van der Waals surface area contributed by atoms with Crippen LogP contribution in [-0.4, -0.2) is 13.3 Å². The molecule has 2 rings (SSSR count). The van der Waals surface area contributed by atoms with E-state index in [0.717, 1.165) is 6.42 Å². The fourth-order valence-corrected chi connectivity index (χ4v) is 4.28. The molecule has 0 aliphatic rings. The Bertz CT molecular complexity index is 454. The molecule has 0 radical (unpaired) electrons. The predicted molar refractivity (Wildman–Crippen MR) is 77.5 cm³/mol. The molecule has 0 bridgehead atoms. The molecule has 84 valence electrons. The highest BCUT2D eigenvalue weighted by Crippen LogP contribution is 2.34. The summed E-state index contributed by atoms with van der Waals surface area (Å²) in [5.41, 5.74) is 2.79. The smallest absolute Gasteiger partial charge is 0.0419 e. The molecule has 1 aromatic heterocycles. The first kappa shape index (κ1) is 11.8. The lowest BCUT2D eigenvalue weighted by Crippen LogP contribution is -1.98. The van der Waals surface area contributed by atoms with Crippen LogP contribution in [0.5, 0.6) is 0 Å². The Morgan fingerprint density at radius 2 is 1.75 bits per heavy atom. The minimum Gasteiger partial charge on any atom is -0.143 e. The topological polar surface area (TPSA) is 0 Å². The first-order valence-electron chi connectivity index (χ1n) is 5.56. The molecule has 0 amide bonds. The third-order valence-electron chi connectivity index (χ3n) is 2.75. The van der Waals surface area contributed by atoms with Gasteiger partial charge in [0.25, 0.3) is 0 Å². The minimum absolute atomic E-state index is 0.00382. The summed E-state index contributed by atoms with van der Waals surface area (Å²) < 4.78 is 0. The SMILES string of the molecule is CCc1ccc(-c2sccc2P(C)C)cc1. The van der Waals surface area contributed by atoms with Gasteiger partial charge < -0.3 is 0 Å². The summed E-state index contributed by atoms with van der Waals surface area (Å²) in [5, 5.41) is 3.74. The zero-order chi connectivity index (χ0) is 11.5. The van der Waals surface area contributed by atoms with E-state index < -0.39 is 0 Å². The van der Waals surface area contributed by atoms with Crippen molar-refractivity contribution in [3.63, 3.8) is 0 Å². The Morgan fingerprint density at radius 3 is 2.31 bits per heavy atom. The van der Waals surface area contributed by atoms with Gasteiger partial charge in [0, 0.05) is 4.88 Å². The molecule has 1 heterocycles. The van der Waals surface area contributed by atoms with Gasteiger partial charge in [-0.3, -0.25) is 0 Å². The molecular weight excluding hydrogens is 231 g/mol. The molecule has 1 aromatic carbocycles. The van der Waals surface area contributed by atoms with Crippen molar-refractivity contribution in [2.75, 3.05) is 13.3 Å². The Labute approximate surface area is 103 Å². The maximum absolute atomic E-state index is 2.32. The van der Waals surface area contributed by atoms with Gasteiger partial charge >= 0.3 is 0 Å². The lowest BCUT2D eigenvalue weighted by Gasteiger charge is -2.08. The van der Waals surface area contributed by atoms with Crippen LogP contribution in [0.3, 0.4) is 0 Å². The average Bonchev–Trinajstić information content (AvgIpc) is 2.78. The Kier molecular flexibility index (Phi) is 3.78. The Morgan fingerprint density at radius 1 is 1.06 bits per heavy atom. The number of hydrogen-bond acceptors (Lipinski definition) is 1. The molecule has 0 N–H and O–H groups in total. The second-order valence-corrected chi connectivity index (χ2v) is 7.27. The van der Waals surface area contributed by atoms with Gasteiger partial charge in [-0.15, -0.1) is 11.3 Å². The predicted octanol–water partition coefficient (Wildman–Crippen LogP) is 4.34. The molecule has 16 heavy (non-hydrogen) atoms. The molecular formula is C14H17PS. The van der Waals surface area contributed by atoms with Crippen molar-refractivity contribution in [3.05, 3.63) is 41.3 Å². The summed E-state index contributed by atoms with van der Waals surface area (Å²) in [4.78, 5) is 1.46. The van der Waals surface area contributed by atoms with E-state index in [-0.39, 0.29) is 7.92 Å². The van der Waals surface area contributed by atoms with Crippen LogP contribution in [0, 0.1) is 0 Å². The normalized spacial score (nSPS) is 11.0. The first-order chi connectivity index (χ1) is 7.72. The fraction of sp³-hybridized carbons (Fsp3) is 0.286. The molecule has 0 spiro atoms. The van der Waals surface area contributed by atoms with E-state index in [0.29, 0.717) is 0 Å². The average molecular weight is 248 g/mol. The van der Waals surface area contributed by atoms with Crippen molar-refractivity contribution in [1.29, 1.82) is 0 Å². The highest BCUT2D eigenvalue weighted by molar-refractivity contribution is 7.65. The number of benzene rings is 1. The second kappa shape index (κ2) is 5.12. The van der Waals surface area contributed by atoms with E-state index >= 15 is 0 Å². The van der Waals surface area contributed by atoms with E-state index in [1.807, 2.05) is 11.3 Å². The van der Waals surface area contributed by atoms with Crippen LogP contribution in [-0.2, 0) is 6.42 Å². The summed E-state index contributed by atoms with van der Waals surface area (Å²) in [6.45, 7) is 6.84. The van der Waals surface area contributed by atoms with Gasteiger partial charge in [-0.25, -0.2) is 0 Å². The quantitative estimate of drug-likeness (QED) is 0.709. The molecule has 0 aliphatic carbocycles. The van der Waals surface area contributed by atoms with E-state index in [9.17, 15) is 0 Å². The van der Waals surface area contributed by atoms with Crippen molar-refractivity contribution in [1.82, 2.24) is 0 Å². The van der Waals surface area contributed by atoms with Crippen LogP contribution in [0.25, 0.3) is 10.4 Å². The van der Waals surface area contributed by atoms with E-state index in [1.165, 1.54) is 21.3 Å². The monoisotopic (exact) mass is 248 g/mol. The summed E-state index contributed by atoms with van der Waals surface area (Å²) in [5.74, 6) is 0. The summed E-state index contributed by atoms with van der Waals surface area (Å²) in [7, 11) is -0.00382. The van der Waals surface area contributed by atoms with E-state index in [1.54, 1.807) is 0 Å². The van der Waals surface area contributed by atoms with Gasteiger partial charge in [-0.05, 0) is 47.6 Å². The van der Waals surface area contributed by atoms with Crippen LogP contribution in [0.4, 0.5) is 0 Å². The zero-order valence-corrected chi connectivity index (χ0v) is 11.7. The number of hydrogen-bond donors (Lipinski definition) is 0. The number of thiophene rings is 1. The van der Waals surface area contributed by atoms with Crippen molar-refractivity contribution in [2.45, 2.75) is 13.3 Å². The molecule has 0 atom stereocenters. The van der Waals surface area contributed by atoms with Crippen LogP contribution >= 0.6 is 19.3 Å². The highest BCUT2D eigenvalue weighted by atomic mass is 32.1. The lowest BCUT2D eigenvalue weighted by atomic mass is 10.1. The van der Waals surface area contributed by atoms with Crippen molar-refractivity contribution in [3.8, 4) is 10.4 Å². The van der Waals surface area contributed by atoms with Crippen molar-refractivity contribution < 1.29 is 0 Å². The molecule has 2 heteroatoms. The lowest BCUT2D eigenvalue weighted by molar-refractivity contribution is 1.14. The maximum atomic E-state index is 2.32. The van der Waals surface area contributed by atoms with Gasteiger partial charge in [0.15, 0.2) is 0 Å². The van der Waals surface area contributed by atoms with Gasteiger partial charge in [-0.1, -0.05) is 39.1 Å². The first-order valence-corrected chi connectivity index (χ1v) is 8.68. The van der Waals surface area contributed by atoms with E-state index in [2.05, 4.69) is 56.0 Å². The molecule has 0 fully saturated rings. The minimum atomic E-state index is -0.00382. The summed E-state index contributed by atoms with van der Waals surface area (Å²) >= 11 is 1.86. The molecule has 0 aliphatic heterocycles. The number of aryl methyl sites for hydroxylation is 1. The molecule has 0 saturated heterocycles. The second-order valence-electron chi connectivity index (χ2n) is 4.08. The third kappa shape index (κ3) is 2.36. The van der Waals surface area contributed by atoms with Gasteiger partial charge in [0.2, 0.25) is 0 Å². The molecule has 0 nitrogen and oxygen atoms in total. The Balaban J connectivity index is 2.38. The maximum Gasteiger partial charge on any atom is 0.0419 e. The fourth-order valence-electron chi connectivity index (χ4n) is 1.76. The van der Waals surface area contributed by atoms with Gasteiger partial charge in [-0.2, -0.15) is 0 Å². The van der Waals surface area contributed by atoms with Crippen LogP contribution in [0.2, 0.25) is 0 Å². The molecule has 0 saturated carbocycles.